The number of likely N-dealkylation sites (tertiary alicyclic amines) is 1. The molecule has 5 atom stereocenters. The summed E-state index contributed by atoms with van der Waals surface area (Å²) in [5.74, 6) is -2.35. The van der Waals surface area contributed by atoms with Crippen LogP contribution in [0.15, 0.2) is 66.7 Å². The molecule has 5 rings (SSSR count). The van der Waals surface area contributed by atoms with E-state index >= 15 is 0 Å². The summed E-state index contributed by atoms with van der Waals surface area (Å²) in [7, 11) is 0. The molecule has 3 aliphatic rings. The summed E-state index contributed by atoms with van der Waals surface area (Å²) in [6.45, 7) is 1.48. The number of carbonyl (C=O) groups excluding carboxylic acids is 4. The van der Waals surface area contributed by atoms with Crippen molar-refractivity contribution in [2.45, 2.75) is 25.8 Å². The Balaban J connectivity index is 1.36. The number of hydrogen-bond donors (Lipinski definition) is 0. The van der Waals surface area contributed by atoms with Crippen molar-refractivity contribution in [2.75, 3.05) is 6.61 Å². The van der Waals surface area contributed by atoms with Gasteiger partial charge in [0.1, 0.15) is 6.04 Å². The number of imide groups is 1. The molecule has 2 aromatic rings. The van der Waals surface area contributed by atoms with Gasteiger partial charge in [-0.05, 0) is 30.7 Å². The minimum absolute atomic E-state index is 0.0537. The number of rotatable bonds is 7. The third-order valence-electron chi connectivity index (χ3n) is 7.08. The maximum Gasteiger partial charge on any atom is 0.330 e. The van der Waals surface area contributed by atoms with Crippen molar-refractivity contribution in [1.29, 1.82) is 0 Å². The smallest absolute Gasteiger partial charge is 0.330 e. The highest BCUT2D eigenvalue weighted by atomic mass is 16.5. The summed E-state index contributed by atoms with van der Waals surface area (Å²) in [6, 6.07) is 15.1. The first-order valence-electron chi connectivity index (χ1n) is 11.3. The van der Waals surface area contributed by atoms with Gasteiger partial charge < -0.3 is 4.74 Å². The fraction of sp³-hybridized carbons (Fsp3) is 0.333. The predicted molar refractivity (Wildman–Crippen MR) is 120 cm³/mol. The molecule has 1 aliphatic heterocycles. The number of Topliss-reactive ketones (excluding diaryl/α,β-unsaturated/α-hetero) is 1. The molecule has 1 heterocycles. The van der Waals surface area contributed by atoms with Gasteiger partial charge in [0, 0.05) is 12.0 Å². The van der Waals surface area contributed by atoms with Crippen molar-refractivity contribution in [3.05, 3.63) is 83.4 Å². The standard InChI is InChI=1S/C27H25NO5/c1-16-7-9-18(10-8-16)22(29)15-33-27(32)21(13-17-5-3-2-4-6-17)28-25(30)23-19-11-12-20(14-19)24(23)26(28)31/h2-12,19-21,23-24H,13-15H2,1H3/t19-,20-,21-,23-,24-/m0/s1. The van der Waals surface area contributed by atoms with Gasteiger partial charge in [-0.15, -0.1) is 0 Å². The molecule has 33 heavy (non-hydrogen) atoms. The Morgan fingerprint density at radius 2 is 1.55 bits per heavy atom. The van der Waals surface area contributed by atoms with Crippen LogP contribution < -0.4 is 0 Å². The molecule has 2 amide bonds. The van der Waals surface area contributed by atoms with Gasteiger partial charge in [-0.3, -0.25) is 19.3 Å². The second-order valence-electron chi connectivity index (χ2n) is 9.15. The summed E-state index contributed by atoms with van der Waals surface area (Å²) in [4.78, 5) is 53.4. The zero-order chi connectivity index (χ0) is 23.1. The Bertz CT molecular complexity index is 1110. The quantitative estimate of drug-likeness (QED) is 0.284. The van der Waals surface area contributed by atoms with E-state index in [2.05, 4.69) is 0 Å². The van der Waals surface area contributed by atoms with Crippen LogP contribution in [-0.2, 0) is 25.5 Å². The van der Waals surface area contributed by atoms with Crippen LogP contribution in [0, 0.1) is 30.6 Å². The normalized spacial score (nSPS) is 25.9. The number of ether oxygens (including phenoxy) is 1. The fourth-order valence-corrected chi connectivity index (χ4v) is 5.41. The molecule has 2 fully saturated rings. The summed E-state index contributed by atoms with van der Waals surface area (Å²) < 4.78 is 5.37. The second-order valence-corrected chi connectivity index (χ2v) is 9.15. The lowest BCUT2D eigenvalue weighted by atomic mass is 9.85. The van der Waals surface area contributed by atoms with Gasteiger partial charge in [-0.1, -0.05) is 72.3 Å². The Morgan fingerprint density at radius 3 is 2.15 bits per heavy atom. The van der Waals surface area contributed by atoms with Crippen LogP contribution in [0.4, 0.5) is 0 Å². The lowest BCUT2D eigenvalue weighted by molar-refractivity contribution is -0.158. The number of carbonyl (C=O) groups is 4. The highest BCUT2D eigenvalue weighted by Crippen LogP contribution is 2.53. The first-order valence-corrected chi connectivity index (χ1v) is 11.3. The van der Waals surface area contributed by atoms with Gasteiger partial charge in [0.25, 0.3) is 0 Å². The number of nitrogens with zero attached hydrogens (tertiary/aromatic N) is 1. The lowest BCUT2D eigenvalue weighted by Gasteiger charge is -2.26. The van der Waals surface area contributed by atoms with Gasteiger partial charge in [0.15, 0.2) is 12.4 Å². The van der Waals surface area contributed by atoms with Gasteiger partial charge in [-0.2, -0.15) is 0 Å². The van der Waals surface area contributed by atoms with E-state index in [1.165, 1.54) is 0 Å². The van der Waals surface area contributed by atoms with Crippen LogP contribution in [0.25, 0.3) is 0 Å². The highest BCUT2D eigenvalue weighted by molar-refractivity contribution is 6.09. The summed E-state index contributed by atoms with van der Waals surface area (Å²) in [5.41, 5.74) is 2.27. The topological polar surface area (TPSA) is 80.8 Å². The molecule has 1 saturated heterocycles. The number of aryl methyl sites for hydroxylation is 1. The second kappa shape index (κ2) is 8.43. The molecule has 0 radical (unpaired) electrons. The van der Waals surface area contributed by atoms with Gasteiger partial charge in [0.05, 0.1) is 11.8 Å². The third kappa shape index (κ3) is 3.80. The summed E-state index contributed by atoms with van der Waals surface area (Å²) in [5, 5.41) is 0. The maximum absolute atomic E-state index is 13.3. The van der Waals surface area contributed by atoms with E-state index in [-0.39, 0.29) is 35.9 Å². The Labute approximate surface area is 192 Å². The highest BCUT2D eigenvalue weighted by Gasteiger charge is 2.61. The van der Waals surface area contributed by atoms with Crippen LogP contribution in [0.2, 0.25) is 0 Å². The van der Waals surface area contributed by atoms with Gasteiger partial charge in [-0.25, -0.2) is 4.79 Å². The van der Waals surface area contributed by atoms with E-state index in [1.54, 1.807) is 12.1 Å². The fourth-order valence-electron chi connectivity index (χ4n) is 5.41. The Kier molecular flexibility index (Phi) is 5.44. The zero-order valence-corrected chi connectivity index (χ0v) is 18.3. The first-order chi connectivity index (χ1) is 15.9. The minimum Gasteiger partial charge on any atom is -0.456 e. The Hall–Kier alpha value is -3.54. The van der Waals surface area contributed by atoms with Crippen molar-refractivity contribution < 1.29 is 23.9 Å². The number of hydrogen-bond acceptors (Lipinski definition) is 5. The van der Waals surface area contributed by atoms with E-state index in [0.29, 0.717) is 5.56 Å². The molecule has 2 aromatic carbocycles. The van der Waals surface area contributed by atoms with Crippen molar-refractivity contribution in [1.82, 2.24) is 4.90 Å². The predicted octanol–water partition coefficient (Wildman–Crippen LogP) is 3.14. The molecule has 0 aromatic heterocycles. The molecule has 0 N–H and O–H groups in total. The number of amides is 2. The average molecular weight is 443 g/mol. The summed E-state index contributed by atoms with van der Waals surface area (Å²) in [6.07, 6.45) is 5.01. The lowest BCUT2D eigenvalue weighted by Crippen LogP contribution is -2.48. The molecule has 1 saturated carbocycles. The zero-order valence-electron chi connectivity index (χ0n) is 18.3. The van der Waals surface area contributed by atoms with Gasteiger partial charge >= 0.3 is 5.97 Å². The molecule has 168 valence electrons. The van der Waals surface area contributed by atoms with Crippen molar-refractivity contribution in [3.8, 4) is 0 Å². The molecule has 2 bridgehead atoms. The number of esters is 1. The average Bonchev–Trinajstić information content (AvgIpc) is 3.51. The molecule has 0 unspecified atom stereocenters. The van der Waals surface area contributed by atoms with Crippen LogP contribution in [0.1, 0.15) is 27.9 Å². The van der Waals surface area contributed by atoms with E-state index in [9.17, 15) is 19.2 Å². The van der Waals surface area contributed by atoms with Crippen LogP contribution >= 0.6 is 0 Å². The molecule has 0 spiro atoms. The number of allylic oxidation sites excluding steroid dienone is 2. The van der Waals surface area contributed by atoms with Crippen LogP contribution in [-0.4, -0.2) is 41.1 Å². The van der Waals surface area contributed by atoms with E-state index < -0.39 is 30.5 Å². The van der Waals surface area contributed by atoms with Gasteiger partial charge in [0.2, 0.25) is 11.8 Å². The maximum atomic E-state index is 13.3. The SMILES string of the molecule is Cc1ccc(C(=O)COC(=O)[C@H](Cc2ccccc2)N2C(=O)[C@@H]3[C@@H](C2=O)[C@H]2C=C[C@H]3C2)cc1. The minimum atomic E-state index is -1.09. The van der Waals surface area contributed by atoms with E-state index in [0.717, 1.165) is 22.4 Å². The Morgan fingerprint density at radius 1 is 0.939 bits per heavy atom. The number of benzene rings is 2. The van der Waals surface area contributed by atoms with Crippen molar-refractivity contribution in [2.24, 2.45) is 23.7 Å². The number of ketones is 1. The first kappa shape index (κ1) is 21.3. The van der Waals surface area contributed by atoms with Crippen LogP contribution in [0.3, 0.4) is 0 Å². The molecular weight excluding hydrogens is 418 g/mol. The molecule has 6 nitrogen and oxygen atoms in total. The van der Waals surface area contributed by atoms with E-state index in [4.69, 9.17) is 4.74 Å². The van der Waals surface area contributed by atoms with Crippen molar-refractivity contribution in [3.63, 3.8) is 0 Å². The number of fused-ring (bicyclic) bond motifs is 5. The molecule has 6 heteroatoms. The molecule has 2 aliphatic carbocycles. The monoisotopic (exact) mass is 443 g/mol. The summed E-state index contributed by atoms with van der Waals surface area (Å²) >= 11 is 0. The van der Waals surface area contributed by atoms with E-state index in [1.807, 2.05) is 61.5 Å². The molecular formula is C27H25NO5. The van der Waals surface area contributed by atoms with Crippen LogP contribution in [0.5, 0.6) is 0 Å². The third-order valence-corrected chi connectivity index (χ3v) is 7.08. The van der Waals surface area contributed by atoms with Crippen molar-refractivity contribution >= 4 is 23.6 Å². The largest absolute Gasteiger partial charge is 0.456 e.